The minimum atomic E-state index is -0.193. The highest BCUT2D eigenvalue weighted by Crippen LogP contribution is 2.41. The lowest BCUT2D eigenvalue weighted by Gasteiger charge is -2.15. The Labute approximate surface area is 198 Å². The number of benzene rings is 3. The first-order chi connectivity index (χ1) is 15.9. The van der Waals surface area contributed by atoms with Crippen molar-refractivity contribution in [3.05, 3.63) is 88.6 Å². The van der Waals surface area contributed by atoms with E-state index in [4.69, 9.17) is 20.8 Å². The van der Waals surface area contributed by atoms with Crippen LogP contribution in [0.3, 0.4) is 0 Å². The summed E-state index contributed by atoms with van der Waals surface area (Å²) in [4.78, 5) is 12.7. The molecule has 33 heavy (non-hydrogen) atoms. The van der Waals surface area contributed by atoms with Crippen molar-refractivity contribution in [2.24, 2.45) is 0 Å². The molecule has 0 aliphatic heterocycles. The van der Waals surface area contributed by atoms with Gasteiger partial charge in [-0.05, 0) is 69.2 Å². The fourth-order valence-corrected chi connectivity index (χ4v) is 4.01. The summed E-state index contributed by atoms with van der Waals surface area (Å²) in [5, 5.41) is 4.56. The Kier molecular flexibility index (Phi) is 6.57. The Morgan fingerprint density at radius 1 is 1.09 bits per heavy atom. The molecule has 0 unspecified atom stereocenters. The molecule has 1 aromatic heterocycles. The Bertz CT molecular complexity index is 1330. The van der Waals surface area contributed by atoms with Crippen LogP contribution in [0, 0.1) is 13.8 Å². The number of hydrogen-bond donors (Lipinski definition) is 1. The molecule has 0 radical (unpaired) electrons. The molecular weight excluding hydrogens is 434 g/mol. The molecule has 3 aromatic carbocycles. The maximum absolute atomic E-state index is 12.7. The van der Waals surface area contributed by atoms with Crippen LogP contribution in [0.5, 0.6) is 5.75 Å². The first-order valence-electron chi connectivity index (χ1n) is 10.9. The highest BCUT2D eigenvalue weighted by Gasteiger charge is 2.19. The van der Waals surface area contributed by atoms with Crippen molar-refractivity contribution >= 4 is 39.7 Å². The van der Waals surface area contributed by atoms with E-state index in [0.29, 0.717) is 11.6 Å². The van der Waals surface area contributed by atoms with Crippen LogP contribution in [0.1, 0.15) is 30.5 Å². The molecule has 5 heteroatoms. The molecule has 0 fully saturated rings. The maximum atomic E-state index is 12.7. The number of hydrogen-bond acceptors (Lipinski definition) is 3. The van der Waals surface area contributed by atoms with Crippen LogP contribution in [0.2, 0.25) is 5.02 Å². The topological polar surface area (TPSA) is 51.5 Å². The molecule has 0 atom stereocenters. The Balaban J connectivity index is 1.77. The van der Waals surface area contributed by atoms with Crippen molar-refractivity contribution in [2.45, 2.75) is 27.7 Å². The average Bonchev–Trinajstić information content (AvgIpc) is 3.22. The first-order valence-corrected chi connectivity index (χ1v) is 11.2. The largest absolute Gasteiger partial charge is 0.493 e. The van der Waals surface area contributed by atoms with Crippen LogP contribution < -0.4 is 10.1 Å². The third-order valence-corrected chi connectivity index (χ3v) is 5.83. The highest BCUT2D eigenvalue weighted by atomic mass is 35.5. The molecule has 4 nitrogen and oxygen atoms in total. The van der Waals surface area contributed by atoms with Gasteiger partial charge in [0.15, 0.2) is 0 Å². The number of nitrogens with one attached hydrogen (secondary N) is 1. The monoisotopic (exact) mass is 459 g/mol. The summed E-state index contributed by atoms with van der Waals surface area (Å²) in [5.41, 5.74) is 7.19. The van der Waals surface area contributed by atoms with Gasteiger partial charge in [0.05, 0.1) is 12.9 Å². The molecule has 0 spiro atoms. The molecule has 1 heterocycles. The molecule has 168 valence electrons. The zero-order chi connectivity index (χ0) is 23.5. The van der Waals surface area contributed by atoms with Crippen molar-refractivity contribution < 1.29 is 13.9 Å². The van der Waals surface area contributed by atoms with E-state index in [1.165, 1.54) is 0 Å². The summed E-state index contributed by atoms with van der Waals surface area (Å²) in [6.07, 6.45) is 3.36. The van der Waals surface area contributed by atoms with Gasteiger partial charge in [-0.15, -0.1) is 0 Å². The number of rotatable bonds is 6. The molecule has 0 saturated carbocycles. The van der Waals surface area contributed by atoms with Crippen molar-refractivity contribution in [2.75, 3.05) is 11.9 Å². The lowest BCUT2D eigenvalue weighted by molar-refractivity contribution is -0.111. The normalized spacial score (nSPS) is 11.6. The number of carbonyl (C=O) groups is 1. The van der Waals surface area contributed by atoms with Crippen LogP contribution in [-0.4, -0.2) is 12.5 Å². The molecule has 0 saturated heterocycles. The molecule has 0 aliphatic rings. The molecule has 4 aromatic rings. The summed E-state index contributed by atoms with van der Waals surface area (Å²) in [5.74, 6) is 0.528. The van der Waals surface area contributed by atoms with Crippen molar-refractivity contribution in [3.63, 3.8) is 0 Å². The quantitative estimate of drug-likeness (QED) is 0.299. The van der Waals surface area contributed by atoms with Gasteiger partial charge in [0.1, 0.15) is 11.3 Å². The van der Waals surface area contributed by atoms with Gasteiger partial charge in [-0.2, -0.15) is 0 Å². The van der Waals surface area contributed by atoms with Crippen LogP contribution >= 0.6 is 11.6 Å². The van der Waals surface area contributed by atoms with E-state index in [0.717, 1.165) is 55.8 Å². The molecule has 1 amide bonds. The maximum Gasteiger partial charge on any atom is 0.248 e. The zero-order valence-electron chi connectivity index (χ0n) is 19.2. The SMILES string of the molecule is CCOc1c(/C(C)=C/C(=O)Nc2ccc(C)cc2)cc2c(-c3ccc(Cl)cc3)coc2c1C. The summed E-state index contributed by atoms with van der Waals surface area (Å²) in [6.45, 7) is 8.36. The first kappa shape index (κ1) is 22.7. The zero-order valence-corrected chi connectivity index (χ0v) is 19.9. The van der Waals surface area contributed by atoms with Gasteiger partial charge in [-0.1, -0.05) is 41.4 Å². The lowest BCUT2D eigenvalue weighted by atomic mass is 9.96. The third-order valence-electron chi connectivity index (χ3n) is 5.58. The Morgan fingerprint density at radius 3 is 2.45 bits per heavy atom. The van der Waals surface area contributed by atoms with E-state index in [-0.39, 0.29) is 5.91 Å². The number of fused-ring (bicyclic) bond motifs is 1. The van der Waals surface area contributed by atoms with E-state index < -0.39 is 0 Å². The number of furan rings is 1. The van der Waals surface area contributed by atoms with Crippen molar-refractivity contribution in [3.8, 4) is 16.9 Å². The number of aryl methyl sites for hydroxylation is 2. The second kappa shape index (κ2) is 9.55. The van der Waals surface area contributed by atoms with E-state index in [1.807, 2.05) is 82.3 Å². The predicted octanol–water partition coefficient (Wildman–Crippen LogP) is 7.81. The van der Waals surface area contributed by atoms with Crippen LogP contribution in [0.15, 0.2) is 71.4 Å². The smallest absolute Gasteiger partial charge is 0.248 e. The fraction of sp³-hybridized carbons (Fsp3) is 0.179. The number of ether oxygens (including phenoxy) is 1. The standard InChI is InChI=1S/C28H26ClNO3/c1-5-32-27-19(4)28-24(25(16-33-28)20-8-10-21(29)11-9-20)15-23(27)18(3)14-26(31)30-22-12-6-17(2)7-13-22/h6-16H,5H2,1-4H3,(H,30,31)/b18-14+. The van der Waals surface area contributed by atoms with Crippen molar-refractivity contribution in [1.82, 2.24) is 0 Å². The Hall–Kier alpha value is -3.50. The number of amides is 1. The lowest BCUT2D eigenvalue weighted by Crippen LogP contribution is -2.09. The molecule has 0 bridgehead atoms. The van der Waals surface area contributed by atoms with E-state index in [2.05, 4.69) is 5.32 Å². The molecule has 0 aliphatic carbocycles. The number of allylic oxidation sites excluding steroid dienone is 1. The molecule has 4 rings (SSSR count). The van der Waals surface area contributed by atoms with Gasteiger partial charge in [0, 0.05) is 38.9 Å². The van der Waals surface area contributed by atoms with Gasteiger partial charge in [-0.3, -0.25) is 4.79 Å². The molecule has 1 N–H and O–H groups in total. The van der Waals surface area contributed by atoms with E-state index in [9.17, 15) is 4.79 Å². The van der Waals surface area contributed by atoms with Gasteiger partial charge >= 0.3 is 0 Å². The number of anilines is 1. The number of halogens is 1. The fourth-order valence-electron chi connectivity index (χ4n) is 3.88. The van der Waals surface area contributed by atoms with Crippen molar-refractivity contribution in [1.29, 1.82) is 0 Å². The predicted molar refractivity (Wildman–Crippen MR) is 136 cm³/mol. The van der Waals surface area contributed by atoms with Gasteiger partial charge in [0.25, 0.3) is 0 Å². The van der Waals surface area contributed by atoms with E-state index in [1.54, 1.807) is 12.3 Å². The van der Waals surface area contributed by atoms with E-state index >= 15 is 0 Å². The van der Waals surface area contributed by atoms with Gasteiger partial charge < -0.3 is 14.5 Å². The summed E-state index contributed by atoms with van der Waals surface area (Å²) in [7, 11) is 0. The minimum absolute atomic E-state index is 0.193. The Morgan fingerprint density at radius 2 is 1.79 bits per heavy atom. The summed E-state index contributed by atoms with van der Waals surface area (Å²) in [6, 6.07) is 17.4. The summed E-state index contributed by atoms with van der Waals surface area (Å²) < 4.78 is 11.9. The van der Waals surface area contributed by atoms with Gasteiger partial charge in [0.2, 0.25) is 5.91 Å². The second-order valence-corrected chi connectivity index (χ2v) is 8.46. The summed E-state index contributed by atoms with van der Waals surface area (Å²) >= 11 is 6.07. The minimum Gasteiger partial charge on any atom is -0.493 e. The highest BCUT2D eigenvalue weighted by molar-refractivity contribution is 6.30. The van der Waals surface area contributed by atoms with Crippen LogP contribution in [0.4, 0.5) is 5.69 Å². The van der Waals surface area contributed by atoms with Crippen LogP contribution in [0.25, 0.3) is 27.7 Å². The average molecular weight is 460 g/mol. The third kappa shape index (κ3) is 4.81. The number of carbonyl (C=O) groups excluding carboxylic acids is 1. The second-order valence-electron chi connectivity index (χ2n) is 8.03. The van der Waals surface area contributed by atoms with Crippen LogP contribution in [-0.2, 0) is 4.79 Å². The van der Waals surface area contributed by atoms with Gasteiger partial charge in [-0.25, -0.2) is 0 Å². The molecular formula is C28H26ClNO3.